The third-order valence-electron chi connectivity index (χ3n) is 6.59. The highest BCUT2D eigenvalue weighted by atomic mass is 32.2. The van der Waals surface area contributed by atoms with Crippen molar-refractivity contribution < 1.29 is 27.2 Å². The zero-order chi connectivity index (χ0) is 22.9. The molecule has 7 nitrogen and oxygen atoms in total. The molecule has 1 N–H and O–H groups in total. The number of hydrogen-bond donors (Lipinski definition) is 1. The third-order valence-corrected chi connectivity index (χ3v) is 7.84. The predicted molar refractivity (Wildman–Crippen MR) is 119 cm³/mol. The van der Waals surface area contributed by atoms with E-state index in [9.17, 15) is 18.3 Å². The number of likely N-dealkylation sites (tertiary alicyclic amines) is 1. The lowest BCUT2D eigenvalue weighted by molar-refractivity contribution is -0.146. The Balaban J connectivity index is 1.61. The first-order chi connectivity index (χ1) is 15.3. The lowest BCUT2D eigenvalue weighted by atomic mass is 9.83. The molecule has 8 heteroatoms. The number of ether oxygens (including phenoxy) is 1. The number of para-hydroxylation sites is 1. The molecule has 0 aromatic heterocycles. The van der Waals surface area contributed by atoms with Crippen LogP contribution in [-0.4, -0.2) is 49.7 Å². The Bertz CT molecular complexity index is 1070. The van der Waals surface area contributed by atoms with Gasteiger partial charge in [0.1, 0.15) is 16.7 Å². The second-order valence-electron chi connectivity index (χ2n) is 8.70. The molecule has 2 aromatic carbocycles. The molecule has 0 bridgehead atoms. The standard InChI is InChI=1S/C24H29NO6S/c1-16-7-11-20(12-8-16)32(28,29)31-23-6-4-3-5-18(23)15-25-21-14-19(26)10-9-17(21)13-22(25)24(27)30-2/h3-8,11-12,17,19,21-22,26H,9-10,13-15H2,1-2H3/t17-,19+,21-,22+/m1/s1. The Labute approximate surface area is 189 Å². The Morgan fingerprint density at radius 2 is 1.81 bits per heavy atom. The number of benzene rings is 2. The summed E-state index contributed by atoms with van der Waals surface area (Å²) in [6.07, 6.45) is 2.45. The van der Waals surface area contributed by atoms with Crippen LogP contribution in [0.1, 0.15) is 36.8 Å². The number of carbonyl (C=O) groups is 1. The Morgan fingerprint density at radius 1 is 1.09 bits per heavy atom. The van der Waals surface area contributed by atoms with Gasteiger partial charge in [0, 0.05) is 18.2 Å². The summed E-state index contributed by atoms with van der Waals surface area (Å²) in [5.41, 5.74) is 1.62. The van der Waals surface area contributed by atoms with Crippen molar-refractivity contribution in [2.24, 2.45) is 5.92 Å². The van der Waals surface area contributed by atoms with Crippen LogP contribution < -0.4 is 4.18 Å². The molecule has 0 unspecified atom stereocenters. The van der Waals surface area contributed by atoms with E-state index in [1.54, 1.807) is 30.3 Å². The van der Waals surface area contributed by atoms with E-state index in [4.69, 9.17) is 8.92 Å². The first-order valence-corrected chi connectivity index (χ1v) is 12.3. The van der Waals surface area contributed by atoms with Crippen LogP contribution in [0.5, 0.6) is 5.75 Å². The molecule has 32 heavy (non-hydrogen) atoms. The average molecular weight is 460 g/mol. The van der Waals surface area contributed by atoms with E-state index in [0.717, 1.165) is 18.4 Å². The minimum atomic E-state index is -4.00. The number of aryl methyl sites for hydroxylation is 1. The molecule has 0 spiro atoms. The smallest absolute Gasteiger partial charge is 0.339 e. The molecular formula is C24H29NO6S. The fourth-order valence-electron chi connectivity index (χ4n) is 4.90. The lowest BCUT2D eigenvalue weighted by Crippen LogP contribution is -2.44. The van der Waals surface area contributed by atoms with Crippen LogP contribution in [0, 0.1) is 12.8 Å². The summed E-state index contributed by atoms with van der Waals surface area (Å²) in [6.45, 7) is 2.21. The Kier molecular flexibility index (Phi) is 6.55. The molecule has 2 aliphatic rings. The van der Waals surface area contributed by atoms with Crippen molar-refractivity contribution in [2.75, 3.05) is 7.11 Å². The second-order valence-corrected chi connectivity index (χ2v) is 10.2. The molecule has 172 valence electrons. The van der Waals surface area contributed by atoms with Crippen LogP contribution in [0.2, 0.25) is 0 Å². The van der Waals surface area contributed by atoms with Crippen LogP contribution in [0.25, 0.3) is 0 Å². The van der Waals surface area contributed by atoms with E-state index in [2.05, 4.69) is 0 Å². The molecule has 0 radical (unpaired) electrons. The molecule has 4 atom stereocenters. The largest absolute Gasteiger partial charge is 0.468 e. The van der Waals surface area contributed by atoms with Crippen molar-refractivity contribution in [1.82, 2.24) is 4.90 Å². The monoisotopic (exact) mass is 459 g/mol. The topological polar surface area (TPSA) is 93.1 Å². The van der Waals surface area contributed by atoms with E-state index < -0.39 is 22.3 Å². The van der Waals surface area contributed by atoms with Crippen molar-refractivity contribution in [3.05, 3.63) is 59.7 Å². The molecule has 1 aliphatic carbocycles. The van der Waals surface area contributed by atoms with Crippen molar-refractivity contribution in [3.8, 4) is 5.75 Å². The lowest BCUT2D eigenvalue weighted by Gasteiger charge is -2.35. The van der Waals surface area contributed by atoms with Crippen molar-refractivity contribution in [2.45, 2.75) is 62.2 Å². The van der Waals surface area contributed by atoms with Crippen LogP contribution in [0.3, 0.4) is 0 Å². The number of fused-ring (bicyclic) bond motifs is 1. The highest BCUT2D eigenvalue weighted by Crippen LogP contribution is 2.41. The number of aliphatic hydroxyl groups excluding tert-OH is 1. The summed E-state index contributed by atoms with van der Waals surface area (Å²) in [6, 6.07) is 13.1. The number of methoxy groups -OCH3 is 1. The van der Waals surface area contributed by atoms with E-state index in [1.165, 1.54) is 19.2 Å². The molecule has 1 aliphatic heterocycles. The third kappa shape index (κ3) is 4.67. The van der Waals surface area contributed by atoms with Gasteiger partial charge in [-0.15, -0.1) is 0 Å². The SMILES string of the molecule is COC(=O)[C@@H]1C[C@H]2CC[C@H](O)C[C@H]2N1Cc1ccccc1OS(=O)(=O)c1ccc(C)cc1. The summed E-state index contributed by atoms with van der Waals surface area (Å²) >= 11 is 0. The molecule has 1 saturated carbocycles. The van der Waals surface area contributed by atoms with Crippen LogP contribution in [-0.2, 0) is 26.2 Å². The highest BCUT2D eigenvalue weighted by Gasteiger charge is 2.47. The van der Waals surface area contributed by atoms with Gasteiger partial charge in [0.2, 0.25) is 0 Å². The van der Waals surface area contributed by atoms with Gasteiger partial charge >= 0.3 is 16.1 Å². The van der Waals surface area contributed by atoms with Crippen molar-refractivity contribution >= 4 is 16.1 Å². The van der Waals surface area contributed by atoms with Crippen molar-refractivity contribution in [1.29, 1.82) is 0 Å². The number of nitrogens with zero attached hydrogens (tertiary/aromatic N) is 1. The molecule has 2 fully saturated rings. The minimum absolute atomic E-state index is 0.0320. The van der Waals surface area contributed by atoms with E-state index >= 15 is 0 Å². The van der Waals surface area contributed by atoms with Gasteiger partial charge < -0.3 is 14.0 Å². The van der Waals surface area contributed by atoms with Gasteiger partial charge in [0.15, 0.2) is 0 Å². The first-order valence-electron chi connectivity index (χ1n) is 10.9. The van der Waals surface area contributed by atoms with Gasteiger partial charge in [-0.1, -0.05) is 35.9 Å². The summed E-state index contributed by atoms with van der Waals surface area (Å²) in [4.78, 5) is 14.6. The van der Waals surface area contributed by atoms with Gasteiger partial charge in [-0.05, 0) is 56.7 Å². The number of rotatable bonds is 6. The minimum Gasteiger partial charge on any atom is -0.468 e. The maximum atomic E-state index is 12.8. The molecule has 0 amide bonds. The second kappa shape index (κ2) is 9.21. The Hall–Kier alpha value is -2.42. The highest BCUT2D eigenvalue weighted by molar-refractivity contribution is 7.87. The maximum Gasteiger partial charge on any atom is 0.339 e. The molecule has 4 rings (SSSR count). The molecule has 1 heterocycles. The number of esters is 1. The maximum absolute atomic E-state index is 12.8. The van der Waals surface area contributed by atoms with Crippen molar-refractivity contribution in [3.63, 3.8) is 0 Å². The molecule has 1 saturated heterocycles. The molecule has 2 aromatic rings. The quantitative estimate of drug-likeness (QED) is 0.524. The predicted octanol–water partition coefficient (Wildman–Crippen LogP) is 3.04. The van der Waals surface area contributed by atoms with E-state index in [1.807, 2.05) is 17.9 Å². The number of carbonyl (C=O) groups excluding carboxylic acids is 1. The number of hydrogen-bond acceptors (Lipinski definition) is 7. The van der Waals surface area contributed by atoms with Crippen LogP contribution >= 0.6 is 0 Å². The fourth-order valence-corrected chi connectivity index (χ4v) is 5.87. The van der Waals surface area contributed by atoms with Gasteiger partial charge in [-0.3, -0.25) is 9.69 Å². The van der Waals surface area contributed by atoms with Crippen LogP contribution in [0.15, 0.2) is 53.4 Å². The zero-order valence-electron chi connectivity index (χ0n) is 18.3. The van der Waals surface area contributed by atoms with Crippen LogP contribution in [0.4, 0.5) is 0 Å². The van der Waals surface area contributed by atoms with Gasteiger partial charge in [-0.2, -0.15) is 8.42 Å². The summed E-state index contributed by atoms with van der Waals surface area (Å²) in [7, 11) is -2.63. The average Bonchev–Trinajstić information content (AvgIpc) is 3.12. The number of aliphatic hydroxyl groups is 1. The summed E-state index contributed by atoms with van der Waals surface area (Å²) < 4.78 is 36.3. The van der Waals surface area contributed by atoms with Gasteiger partial charge in [0.05, 0.1) is 13.2 Å². The van der Waals surface area contributed by atoms with Gasteiger partial charge in [-0.25, -0.2) is 0 Å². The summed E-state index contributed by atoms with van der Waals surface area (Å²) in [5, 5.41) is 10.2. The van der Waals surface area contributed by atoms with Gasteiger partial charge in [0.25, 0.3) is 0 Å². The summed E-state index contributed by atoms with van der Waals surface area (Å²) in [5.74, 6) is 0.225. The Morgan fingerprint density at radius 3 is 2.53 bits per heavy atom. The van der Waals surface area contributed by atoms with E-state index in [0.29, 0.717) is 30.9 Å². The van der Waals surface area contributed by atoms with E-state index in [-0.39, 0.29) is 22.7 Å². The normalized spacial score (nSPS) is 25.8. The molecular weight excluding hydrogens is 430 g/mol. The zero-order valence-corrected chi connectivity index (χ0v) is 19.1. The fraction of sp³-hybridized carbons (Fsp3) is 0.458. The first kappa shape index (κ1) is 22.8.